The minimum absolute atomic E-state index is 0.0877. The fourth-order valence-corrected chi connectivity index (χ4v) is 4.46. The summed E-state index contributed by atoms with van der Waals surface area (Å²) in [6.07, 6.45) is 1.58. The van der Waals surface area contributed by atoms with Crippen LogP contribution in [0.2, 0.25) is 0 Å². The number of hydrogen-bond donors (Lipinski definition) is 1. The lowest BCUT2D eigenvalue weighted by atomic mass is 10.0. The SMILES string of the molecule is Cc1nsc(N2CC[C@@H](Nc3nc4c(-c5ccc(F)c(F)c5F)cccn4n3)C(F)(F)C2)n1. The van der Waals surface area contributed by atoms with Gasteiger partial charge in [0.15, 0.2) is 23.1 Å². The number of hydrogen-bond acceptors (Lipinski definition) is 7. The Bertz CT molecular complexity index is 1340. The number of halogens is 5. The number of benzene rings is 1. The topological polar surface area (TPSA) is 71.2 Å². The van der Waals surface area contributed by atoms with E-state index >= 15 is 0 Å². The van der Waals surface area contributed by atoms with Crippen LogP contribution in [-0.4, -0.2) is 49.0 Å². The van der Waals surface area contributed by atoms with E-state index in [1.807, 2.05) is 0 Å². The lowest BCUT2D eigenvalue weighted by molar-refractivity contribution is -0.0234. The van der Waals surface area contributed by atoms with Gasteiger partial charge in [-0.2, -0.15) is 9.36 Å². The molecule has 3 aromatic heterocycles. The molecule has 1 aromatic carbocycles. The van der Waals surface area contributed by atoms with Crippen LogP contribution < -0.4 is 10.2 Å². The van der Waals surface area contributed by atoms with Crippen molar-refractivity contribution < 1.29 is 22.0 Å². The molecule has 172 valence electrons. The first-order valence-corrected chi connectivity index (χ1v) is 10.7. The molecule has 0 radical (unpaired) electrons. The molecule has 0 spiro atoms. The molecule has 1 atom stereocenters. The predicted molar refractivity (Wildman–Crippen MR) is 112 cm³/mol. The first-order valence-electron chi connectivity index (χ1n) is 9.92. The van der Waals surface area contributed by atoms with Crippen LogP contribution >= 0.6 is 11.5 Å². The zero-order valence-electron chi connectivity index (χ0n) is 17.1. The Labute approximate surface area is 188 Å². The molecule has 4 heterocycles. The number of piperidine rings is 1. The van der Waals surface area contributed by atoms with Crippen molar-refractivity contribution in [2.75, 3.05) is 23.3 Å². The van der Waals surface area contributed by atoms with E-state index in [2.05, 4.69) is 24.8 Å². The van der Waals surface area contributed by atoms with Crippen LogP contribution in [0.5, 0.6) is 0 Å². The number of aryl methyl sites for hydroxylation is 1. The van der Waals surface area contributed by atoms with Gasteiger partial charge >= 0.3 is 0 Å². The van der Waals surface area contributed by atoms with Crippen LogP contribution in [0.3, 0.4) is 0 Å². The molecular formula is C20H16F5N7S. The molecule has 0 bridgehead atoms. The minimum Gasteiger partial charge on any atom is -0.344 e. The molecule has 7 nitrogen and oxygen atoms in total. The fourth-order valence-electron chi connectivity index (χ4n) is 3.76. The monoisotopic (exact) mass is 481 g/mol. The van der Waals surface area contributed by atoms with Crippen LogP contribution in [-0.2, 0) is 0 Å². The number of alkyl halides is 2. The van der Waals surface area contributed by atoms with Gasteiger partial charge in [-0.25, -0.2) is 31.5 Å². The van der Waals surface area contributed by atoms with Crippen molar-refractivity contribution in [3.05, 3.63) is 53.7 Å². The zero-order valence-corrected chi connectivity index (χ0v) is 17.9. The van der Waals surface area contributed by atoms with Gasteiger partial charge in [0.1, 0.15) is 5.82 Å². The van der Waals surface area contributed by atoms with Gasteiger partial charge in [0.05, 0.1) is 12.6 Å². The molecule has 13 heteroatoms. The van der Waals surface area contributed by atoms with Gasteiger partial charge in [-0.1, -0.05) is 0 Å². The van der Waals surface area contributed by atoms with Gasteiger partial charge in [-0.3, -0.25) is 0 Å². The van der Waals surface area contributed by atoms with Crippen molar-refractivity contribution in [2.24, 2.45) is 0 Å². The lowest BCUT2D eigenvalue weighted by Gasteiger charge is -2.38. The average Bonchev–Trinajstić information content (AvgIpc) is 3.39. The summed E-state index contributed by atoms with van der Waals surface area (Å²) in [5.74, 6) is -6.97. The maximum atomic E-state index is 14.9. The average molecular weight is 481 g/mol. The highest BCUT2D eigenvalue weighted by Gasteiger charge is 2.46. The third-order valence-corrected chi connectivity index (χ3v) is 6.25. The van der Waals surface area contributed by atoms with Crippen molar-refractivity contribution in [3.63, 3.8) is 0 Å². The number of aromatic nitrogens is 5. The number of fused-ring (bicyclic) bond motifs is 1. The minimum atomic E-state index is -3.12. The highest BCUT2D eigenvalue weighted by atomic mass is 32.1. The number of nitrogens with one attached hydrogen (secondary N) is 1. The number of pyridine rings is 1. The van der Waals surface area contributed by atoms with Crippen molar-refractivity contribution in [1.29, 1.82) is 0 Å². The van der Waals surface area contributed by atoms with Gasteiger partial charge in [0, 0.05) is 35.4 Å². The summed E-state index contributed by atoms with van der Waals surface area (Å²) in [6.45, 7) is 1.49. The quantitative estimate of drug-likeness (QED) is 0.346. The lowest BCUT2D eigenvalue weighted by Crippen LogP contribution is -2.54. The largest absolute Gasteiger partial charge is 0.344 e. The van der Waals surface area contributed by atoms with Crippen LogP contribution in [0.4, 0.5) is 33.0 Å². The molecule has 0 saturated carbocycles. The number of rotatable bonds is 4. The van der Waals surface area contributed by atoms with E-state index in [0.29, 0.717) is 17.5 Å². The van der Waals surface area contributed by atoms with Crippen LogP contribution in [0.15, 0.2) is 30.5 Å². The third-order valence-electron chi connectivity index (χ3n) is 5.38. The second kappa shape index (κ2) is 7.90. The summed E-state index contributed by atoms with van der Waals surface area (Å²) in [5.41, 5.74) is 0.0297. The normalized spacial score (nSPS) is 18.1. The maximum Gasteiger partial charge on any atom is 0.285 e. The Hall–Kier alpha value is -3.35. The predicted octanol–water partition coefficient (Wildman–Crippen LogP) is 4.30. The fraction of sp³-hybridized carbons (Fsp3) is 0.300. The van der Waals surface area contributed by atoms with E-state index in [4.69, 9.17) is 0 Å². The van der Waals surface area contributed by atoms with Gasteiger partial charge in [-0.15, -0.1) is 5.10 Å². The molecule has 1 fully saturated rings. The molecule has 0 unspecified atom stereocenters. The molecule has 33 heavy (non-hydrogen) atoms. The maximum absolute atomic E-state index is 14.9. The van der Waals surface area contributed by atoms with Crippen molar-refractivity contribution in [1.82, 2.24) is 24.0 Å². The van der Waals surface area contributed by atoms with Crippen molar-refractivity contribution >= 4 is 28.3 Å². The second-order valence-corrected chi connectivity index (χ2v) is 8.37. The van der Waals surface area contributed by atoms with Crippen LogP contribution in [0.1, 0.15) is 12.2 Å². The first-order chi connectivity index (χ1) is 15.7. The molecule has 5 rings (SSSR count). The third kappa shape index (κ3) is 3.86. The highest BCUT2D eigenvalue weighted by Crippen LogP contribution is 2.34. The van der Waals surface area contributed by atoms with E-state index in [1.54, 1.807) is 6.92 Å². The highest BCUT2D eigenvalue weighted by molar-refractivity contribution is 7.09. The standard InChI is InChI=1S/C20H16F5N7S/c1-10-26-19(33-30-10)31-8-6-14(20(24,25)9-31)27-18-28-17-12(3-2-7-32(17)29-18)11-4-5-13(21)16(23)15(11)22/h2-5,7,14H,6,8-9H2,1H3,(H,27,29)/t14-/m1/s1. The summed E-state index contributed by atoms with van der Waals surface area (Å²) < 4.78 is 76.5. The van der Waals surface area contributed by atoms with E-state index < -0.39 is 36.0 Å². The molecule has 1 saturated heterocycles. The molecule has 1 N–H and O–H groups in total. The molecular weight excluding hydrogens is 465 g/mol. The van der Waals surface area contributed by atoms with Gasteiger partial charge < -0.3 is 10.2 Å². The van der Waals surface area contributed by atoms with Gasteiger partial charge in [-0.05, 0) is 37.6 Å². The summed E-state index contributed by atoms with van der Waals surface area (Å²) in [6, 6.07) is 3.62. The van der Waals surface area contributed by atoms with E-state index in [-0.39, 0.29) is 29.1 Å². The zero-order chi connectivity index (χ0) is 23.3. The number of anilines is 2. The molecule has 1 aliphatic heterocycles. The van der Waals surface area contributed by atoms with Crippen molar-refractivity contribution in [3.8, 4) is 11.1 Å². The Morgan fingerprint density at radius 3 is 2.64 bits per heavy atom. The van der Waals surface area contributed by atoms with Gasteiger partial charge in [0.2, 0.25) is 11.1 Å². The van der Waals surface area contributed by atoms with Crippen molar-refractivity contribution in [2.45, 2.75) is 25.3 Å². The molecule has 1 aliphatic rings. The van der Waals surface area contributed by atoms with E-state index in [1.165, 1.54) is 27.7 Å². The summed E-state index contributed by atoms with van der Waals surface area (Å²) in [7, 11) is 0. The second-order valence-electron chi connectivity index (χ2n) is 7.64. The number of nitrogens with zero attached hydrogens (tertiary/aromatic N) is 6. The molecule has 0 aliphatic carbocycles. The smallest absolute Gasteiger partial charge is 0.285 e. The Morgan fingerprint density at radius 1 is 1.09 bits per heavy atom. The van der Waals surface area contributed by atoms with Gasteiger partial charge in [0.25, 0.3) is 5.92 Å². The van der Waals surface area contributed by atoms with E-state index in [9.17, 15) is 22.0 Å². The first kappa shape index (κ1) is 21.5. The summed E-state index contributed by atoms with van der Waals surface area (Å²) in [5, 5.41) is 7.26. The Balaban J connectivity index is 1.41. The Morgan fingerprint density at radius 2 is 1.91 bits per heavy atom. The summed E-state index contributed by atoms with van der Waals surface area (Å²) in [4.78, 5) is 9.87. The molecule has 4 aromatic rings. The summed E-state index contributed by atoms with van der Waals surface area (Å²) >= 11 is 1.07. The van der Waals surface area contributed by atoms with Crippen LogP contribution in [0, 0.1) is 24.4 Å². The molecule has 0 amide bonds. The van der Waals surface area contributed by atoms with Crippen LogP contribution in [0.25, 0.3) is 16.8 Å². The van der Waals surface area contributed by atoms with E-state index in [0.717, 1.165) is 23.7 Å². The Kier molecular flexibility index (Phi) is 5.15.